The van der Waals surface area contributed by atoms with Crippen LogP contribution in [0.25, 0.3) is 11.1 Å². The second-order valence-corrected chi connectivity index (χ2v) is 9.55. The van der Waals surface area contributed by atoms with Gasteiger partial charge in [-0.05, 0) is 67.5 Å². The van der Waals surface area contributed by atoms with Gasteiger partial charge in [0.1, 0.15) is 23.8 Å². The number of amides is 1. The number of aryl methyl sites for hydroxylation is 1. The number of rotatable bonds is 7. The molecule has 0 saturated heterocycles. The summed E-state index contributed by atoms with van der Waals surface area (Å²) in [6.45, 7) is 5.57. The van der Waals surface area contributed by atoms with Gasteiger partial charge in [-0.3, -0.25) is 10.1 Å². The van der Waals surface area contributed by atoms with E-state index in [4.69, 9.17) is 9.47 Å². The number of carbonyl (C=O) groups excluding carboxylic acids is 2. The number of nitrogens with zero attached hydrogens (tertiary/aromatic N) is 1. The molecule has 1 N–H and O–H groups in total. The lowest BCUT2D eigenvalue weighted by Crippen LogP contribution is -2.23. The Hall–Kier alpha value is -3.74. The summed E-state index contributed by atoms with van der Waals surface area (Å²) in [7, 11) is 0. The lowest BCUT2D eigenvalue weighted by molar-refractivity contribution is -0.154. The van der Waals surface area contributed by atoms with Crippen molar-refractivity contribution in [3.63, 3.8) is 0 Å². The smallest absolute Gasteiger partial charge is 0.412 e. The number of halogens is 1. The molecule has 0 unspecified atom stereocenters. The van der Waals surface area contributed by atoms with E-state index in [1.54, 1.807) is 20.8 Å². The first-order valence-corrected chi connectivity index (χ1v) is 11.7. The van der Waals surface area contributed by atoms with E-state index in [9.17, 15) is 14.0 Å². The number of nitrogens with one attached hydrogen (secondary N) is 1. The van der Waals surface area contributed by atoms with Crippen LogP contribution >= 0.6 is 0 Å². The molecule has 0 aliphatic heterocycles. The van der Waals surface area contributed by atoms with Gasteiger partial charge in [0.2, 0.25) is 0 Å². The molecule has 1 heterocycles. The van der Waals surface area contributed by atoms with E-state index in [-0.39, 0.29) is 30.7 Å². The molecule has 0 bridgehead atoms. The van der Waals surface area contributed by atoms with Crippen molar-refractivity contribution in [2.24, 2.45) is 0 Å². The lowest BCUT2D eigenvalue weighted by atomic mass is 9.98. The van der Waals surface area contributed by atoms with E-state index in [0.29, 0.717) is 18.4 Å². The minimum atomic E-state index is -0.667. The number of aromatic nitrogens is 1. The van der Waals surface area contributed by atoms with E-state index in [2.05, 4.69) is 22.4 Å². The molecule has 3 aromatic rings. The van der Waals surface area contributed by atoms with E-state index in [1.807, 2.05) is 36.4 Å². The quantitative estimate of drug-likeness (QED) is 0.408. The van der Waals surface area contributed by atoms with Crippen molar-refractivity contribution in [3.05, 3.63) is 83.3 Å². The molecule has 0 radical (unpaired) electrons. The zero-order chi connectivity index (χ0) is 25.0. The van der Waals surface area contributed by atoms with Crippen LogP contribution in [0.15, 0.2) is 60.8 Å². The van der Waals surface area contributed by atoms with Gasteiger partial charge in [-0.15, -0.1) is 0 Å². The Labute approximate surface area is 204 Å². The minimum absolute atomic E-state index is 0.0670. The number of hydrogen-bond acceptors (Lipinski definition) is 5. The first-order valence-electron chi connectivity index (χ1n) is 11.7. The van der Waals surface area contributed by atoms with Crippen LogP contribution < -0.4 is 5.32 Å². The van der Waals surface area contributed by atoms with Crippen molar-refractivity contribution in [2.75, 3.05) is 11.9 Å². The highest BCUT2D eigenvalue weighted by atomic mass is 19.1. The number of fused-ring (bicyclic) bond motifs is 3. The number of hydrogen-bond donors (Lipinski definition) is 1. The fourth-order valence-corrected chi connectivity index (χ4v) is 4.33. The van der Waals surface area contributed by atoms with Crippen molar-refractivity contribution in [1.29, 1.82) is 0 Å². The van der Waals surface area contributed by atoms with Crippen molar-refractivity contribution < 1.29 is 23.5 Å². The Kier molecular flexibility index (Phi) is 7.15. The summed E-state index contributed by atoms with van der Waals surface area (Å²) in [6.07, 6.45) is 1.33. The third-order valence-electron chi connectivity index (χ3n) is 5.74. The van der Waals surface area contributed by atoms with Crippen molar-refractivity contribution >= 4 is 17.9 Å². The van der Waals surface area contributed by atoms with Gasteiger partial charge in [-0.1, -0.05) is 48.5 Å². The van der Waals surface area contributed by atoms with Gasteiger partial charge in [0, 0.05) is 12.3 Å². The van der Waals surface area contributed by atoms with E-state index >= 15 is 0 Å². The summed E-state index contributed by atoms with van der Waals surface area (Å²) in [4.78, 5) is 28.6. The summed E-state index contributed by atoms with van der Waals surface area (Å²) in [5.41, 5.74) is 4.44. The topological polar surface area (TPSA) is 77.5 Å². The van der Waals surface area contributed by atoms with Crippen LogP contribution in [0, 0.1) is 5.82 Å². The molecule has 1 aliphatic carbocycles. The van der Waals surface area contributed by atoms with Crippen molar-refractivity contribution in [1.82, 2.24) is 4.98 Å². The predicted molar refractivity (Wildman–Crippen MR) is 132 cm³/mol. The fourth-order valence-electron chi connectivity index (χ4n) is 4.33. The van der Waals surface area contributed by atoms with Crippen LogP contribution in [-0.4, -0.2) is 29.3 Å². The molecule has 1 aliphatic rings. The van der Waals surface area contributed by atoms with Gasteiger partial charge < -0.3 is 9.47 Å². The second-order valence-electron chi connectivity index (χ2n) is 9.55. The molecule has 35 heavy (non-hydrogen) atoms. The SMILES string of the molecule is CC(C)(C)OC(=O)CCCc1cc(F)cnc1NC(=O)OCC1c2ccccc2-c2ccccc21. The molecule has 1 amide bonds. The zero-order valence-corrected chi connectivity index (χ0v) is 20.1. The normalized spacial score (nSPS) is 12.6. The van der Waals surface area contributed by atoms with Crippen LogP contribution in [0.3, 0.4) is 0 Å². The van der Waals surface area contributed by atoms with E-state index in [1.165, 1.54) is 6.07 Å². The Morgan fingerprint density at radius 3 is 2.29 bits per heavy atom. The number of ether oxygens (including phenoxy) is 2. The van der Waals surface area contributed by atoms with Crippen LogP contribution in [0.5, 0.6) is 0 Å². The number of benzene rings is 2. The molecule has 7 heteroatoms. The standard InChI is InChI=1S/C28H29FN2O4/c1-28(2,3)35-25(32)14-8-9-18-15-19(29)16-30-26(18)31-27(33)34-17-24-22-12-6-4-10-20(22)21-11-5-7-13-23(21)24/h4-7,10-13,15-16,24H,8-9,14,17H2,1-3H3,(H,30,31,33). The second kappa shape index (κ2) is 10.3. The summed E-state index contributed by atoms with van der Waals surface area (Å²) >= 11 is 0. The molecule has 0 atom stereocenters. The number of anilines is 1. The Balaban J connectivity index is 1.38. The van der Waals surface area contributed by atoms with Gasteiger partial charge in [0.15, 0.2) is 0 Å². The molecular weight excluding hydrogens is 447 g/mol. The lowest BCUT2D eigenvalue weighted by Gasteiger charge is -2.19. The van der Waals surface area contributed by atoms with Gasteiger partial charge in [0.05, 0.1) is 6.20 Å². The van der Waals surface area contributed by atoms with Gasteiger partial charge >= 0.3 is 12.1 Å². The molecule has 0 spiro atoms. The summed E-state index contributed by atoms with van der Waals surface area (Å²) in [5, 5.41) is 2.63. The largest absolute Gasteiger partial charge is 0.460 e. The summed E-state index contributed by atoms with van der Waals surface area (Å²) in [5.74, 6) is -0.696. The Morgan fingerprint density at radius 2 is 1.66 bits per heavy atom. The molecule has 2 aromatic carbocycles. The van der Waals surface area contributed by atoms with Crippen LogP contribution in [-0.2, 0) is 20.7 Å². The van der Waals surface area contributed by atoms with Crippen LogP contribution in [0.1, 0.15) is 56.2 Å². The molecule has 182 valence electrons. The average Bonchev–Trinajstić information content (AvgIpc) is 3.12. The van der Waals surface area contributed by atoms with Gasteiger partial charge in [-0.2, -0.15) is 0 Å². The Morgan fingerprint density at radius 1 is 1.03 bits per heavy atom. The highest BCUT2D eigenvalue weighted by molar-refractivity contribution is 5.85. The number of esters is 1. The minimum Gasteiger partial charge on any atom is -0.460 e. The third kappa shape index (κ3) is 6.04. The molecule has 1 aromatic heterocycles. The maximum Gasteiger partial charge on any atom is 0.412 e. The molecule has 6 nitrogen and oxygen atoms in total. The average molecular weight is 477 g/mol. The van der Waals surface area contributed by atoms with Gasteiger partial charge in [-0.25, -0.2) is 14.2 Å². The van der Waals surface area contributed by atoms with Gasteiger partial charge in [0.25, 0.3) is 0 Å². The third-order valence-corrected chi connectivity index (χ3v) is 5.74. The molecule has 0 saturated carbocycles. The first kappa shape index (κ1) is 24.4. The number of carbonyl (C=O) groups is 2. The summed E-state index contributed by atoms with van der Waals surface area (Å²) in [6, 6.07) is 17.5. The molecule has 0 fully saturated rings. The van der Waals surface area contributed by atoms with Crippen molar-refractivity contribution in [2.45, 2.75) is 51.6 Å². The van der Waals surface area contributed by atoms with Crippen molar-refractivity contribution in [3.8, 4) is 11.1 Å². The highest BCUT2D eigenvalue weighted by Crippen LogP contribution is 2.44. The highest BCUT2D eigenvalue weighted by Gasteiger charge is 2.29. The fraction of sp³-hybridized carbons (Fsp3) is 0.321. The van der Waals surface area contributed by atoms with Crippen LogP contribution in [0.2, 0.25) is 0 Å². The maximum atomic E-state index is 13.8. The van der Waals surface area contributed by atoms with Crippen LogP contribution in [0.4, 0.5) is 15.0 Å². The van der Waals surface area contributed by atoms with E-state index in [0.717, 1.165) is 28.5 Å². The number of pyridine rings is 1. The maximum absolute atomic E-state index is 13.8. The Bertz CT molecular complexity index is 1190. The molecular formula is C28H29FN2O4. The zero-order valence-electron chi connectivity index (χ0n) is 20.1. The van der Waals surface area contributed by atoms with E-state index < -0.39 is 17.5 Å². The first-order chi connectivity index (χ1) is 16.7. The predicted octanol–water partition coefficient (Wildman–Crippen LogP) is 6.25. The summed E-state index contributed by atoms with van der Waals surface area (Å²) < 4.78 is 24.7. The molecule has 4 rings (SSSR count). The monoisotopic (exact) mass is 476 g/mol.